The predicted molar refractivity (Wildman–Crippen MR) is 75.1 cm³/mol. The highest BCUT2D eigenvalue weighted by atomic mass is 16.4. The number of carboxylic acid groups (broad SMARTS) is 1. The third-order valence-corrected chi connectivity index (χ3v) is 2.30. The number of hydrogen-bond acceptors (Lipinski definition) is 1. The molecule has 0 spiro atoms. The van der Waals surface area contributed by atoms with E-state index in [0.29, 0.717) is 5.57 Å². The van der Waals surface area contributed by atoms with Gasteiger partial charge < -0.3 is 5.11 Å². The summed E-state index contributed by atoms with van der Waals surface area (Å²) in [5.74, 6) is -0.918. The lowest BCUT2D eigenvalue weighted by molar-refractivity contribution is -0.132. The molecule has 1 aromatic rings. The predicted octanol–water partition coefficient (Wildman–Crippen LogP) is 3.84. The van der Waals surface area contributed by atoms with Gasteiger partial charge in [0.05, 0.1) is 0 Å². The Morgan fingerprint density at radius 2 is 1.94 bits per heavy atom. The molecule has 0 fully saturated rings. The number of aliphatic carboxylic acids is 1. The summed E-state index contributed by atoms with van der Waals surface area (Å²) in [7, 11) is 0. The zero-order valence-electron chi connectivity index (χ0n) is 10.3. The molecule has 0 radical (unpaired) electrons. The number of hydrogen-bond donors (Lipinski definition) is 1. The highest BCUT2D eigenvalue weighted by molar-refractivity contribution is 5.86. The zero-order chi connectivity index (χ0) is 13.4. The second-order valence-corrected chi connectivity index (χ2v) is 3.78. The van der Waals surface area contributed by atoms with Crippen LogP contribution >= 0.6 is 0 Å². The van der Waals surface area contributed by atoms with Crippen molar-refractivity contribution < 1.29 is 9.90 Å². The Hall–Kier alpha value is -2.35. The van der Waals surface area contributed by atoms with Crippen LogP contribution < -0.4 is 0 Å². The summed E-state index contributed by atoms with van der Waals surface area (Å²) in [5.41, 5.74) is 2.16. The van der Waals surface area contributed by atoms with Crippen molar-refractivity contribution in [2.24, 2.45) is 0 Å². The molecule has 1 rings (SSSR count). The Balaban J connectivity index is 2.92. The van der Waals surface area contributed by atoms with Crippen LogP contribution in [0.3, 0.4) is 0 Å². The molecule has 2 heteroatoms. The van der Waals surface area contributed by atoms with Crippen molar-refractivity contribution in [3.63, 3.8) is 0 Å². The minimum absolute atomic E-state index is 0.292. The van der Waals surface area contributed by atoms with Crippen LogP contribution in [0, 0.1) is 0 Å². The van der Waals surface area contributed by atoms with Gasteiger partial charge in [-0.2, -0.15) is 0 Å². The Bertz CT molecular complexity index is 505. The lowest BCUT2D eigenvalue weighted by atomic mass is 10.1. The fourth-order valence-corrected chi connectivity index (χ4v) is 1.36. The van der Waals surface area contributed by atoms with E-state index in [9.17, 15) is 4.79 Å². The molecule has 1 aromatic carbocycles. The van der Waals surface area contributed by atoms with Crippen molar-refractivity contribution in [1.29, 1.82) is 0 Å². The van der Waals surface area contributed by atoms with E-state index in [1.807, 2.05) is 42.5 Å². The fraction of sp³-hybridized carbons (Fsp3) is 0.0625. The van der Waals surface area contributed by atoms with Gasteiger partial charge in [0, 0.05) is 5.57 Å². The van der Waals surface area contributed by atoms with Crippen LogP contribution in [0.2, 0.25) is 0 Å². The van der Waals surface area contributed by atoms with E-state index in [0.717, 1.165) is 11.1 Å². The molecule has 0 atom stereocenters. The summed E-state index contributed by atoms with van der Waals surface area (Å²) in [5, 5.41) is 8.84. The summed E-state index contributed by atoms with van der Waals surface area (Å²) in [4.78, 5) is 10.8. The molecule has 18 heavy (non-hydrogen) atoms. The van der Waals surface area contributed by atoms with E-state index in [2.05, 4.69) is 6.58 Å². The highest BCUT2D eigenvalue weighted by Crippen LogP contribution is 2.09. The highest BCUT2D eigenvalue weighted by Gasteiger charge is 1.99. The van der Waals surface area contributed by atoms with Crippen molar-refractivity contribution in [3.05, 3.63) is 77.9 Å². The monoisotopic (exact) mass is 240 g/mol. The van der Waals surface area contributed by atoms with Crippen LogP contribution in [-0.2, 0) is 4.79 Å². The van der Waals surface area contributed by atoms with Crippen LogP contribution in [-0.4, -0.2) is 11.1 Å². The largest absolute Gasteiger partial charge is 0.478 e. The van der Waals surface area contributed by atoms with Gasteiger partial charge in [-0.3, -0.25) is 0 Å². The van der Waals surface area contributed by atoms with E-state index in [-0.39, 0.29) is 0 Å². The summed E-state index contributed by atoms with van der Waals surface area (Å²) in [6.07, 6.45) is 8.82. The Labute approximate surface area is 107 Å². The Kier molecular flexibility index (Phi) is 5.39. The summed E-state index contributed by atoms with van der Waals surface area (Å²) >= 11 is 0. The van der Waals surface area contributed by atoms with Gasteiger partial charge in [0.2, 0.25) is 0 Å². The molecule has 0 heterocycles. The van der Waals surface area contributed by atoms with Gasteiger partial charge in [0.25, 0.3) is 0 Å². The molecule has 1 N–H and O–H groups in total. The number of allylic oxidation sites excluding steroid dienone is 5. The second-order valence-electron chi connectivity index (χ2n) is 3.78. The van der Waals surface area contributed by atoms with Gasteiger partial charge in [-0.1, -0.05) is 61.2 Å². The van der Waals surface area contributed by atoms with Gasteiger partial charge in [-0.15, -0.1) is 0 Å². The summed E-state index contributed by atoms with van der Waals surface area (Å²) in [6, 6.07) is 9.82. The maximum absolute atomic E-state index is 10.8. The molecule has 92 valence electrons. The molecule has 0 aliphatic heterocycles. The first-order valence-corrected chi connectivity index (χ1v) is 5.61. The van der Waals surface area contributed by atoms with Crippen LogP contribution in [0.15, 0.2) is 72.4 Å². The quantitative estimate of drug-likeness (QED) is 0.627. The molecule has 0 amide bonds. The van der Waals surface area contributed by atoms with Crippen molar-refractivity contribution in [1.82, 2.24) is 0 Å². The fourth-order valence-electron chi connectivity index (χ4n) is 1.36. The van der Waals surface area contributed by atoms with Gasteiger partial charge in [0.15, 0.2) is 0 Å². The van der Waals surface area contributed by atoms with Crippen molar-refractivity contribution >= 4 is 12.0 Å². The Morgan fingerprint density at radius 1 is 1.28 bits per heavy atom. The zero-order valence-corrected chi connectivity index (χ0v) is 10.3. The normalized spacial score (nSPS) is 12.7. The third-order valence-electron chi connectivity index (χ3n) is 2.30. The number of carboxylic acids is 1. The summed E-state index contributed by atoms with van der Waals surface area (Å²) < 4.78 is 0. The SMILES string of the molecule is C=CC=C(C=Cc1ccccc1)C=C(C)C(=O)O. The van der Waals surface area contributed by atoms with Crippen LogP contribution in [0.1, 0.15) is 12.5 Å². The molecule has 0 saturated carbocycles. The molecule has 0 aliphatic carbocycles. The van der Waals surface area contributed by atoms with Crippen molar-refractivity contribution in [2.75, 3.05) is 0 Å². The van der Waals surface area contributed by atoms with Crippen LogP contribution in [0.4, 0.5) is 0 Å². The molecule has 0 aromatic heterocycles. The van der Waals surface area contributed by atoms with E-state index in [1.165, 1.54) is 0 Å². The van der Waals surface area contributed by atoms with Gasteiger partial charge >= 0.3 is 5.97 Å². The van der Waals surface area contributed by atoms with E-state index in [1.54, 1.807) is 25.2 Å². The molecule has 0 aliphatic rings. The topological polar surface area (TPSA) is 37.3 Å². The first-order chi connectivity index (χ1) is 8.63. The van der Waals surface area contributed by atoms with E-state index >= 15 is 0 Å². The number of carbonyl (C=O) groups is 1. The summed E-state index contributed by atoms with van der Waals surface area (Å²) in [6.45, 7) is 5.19. The number of benzene rings is 1. The minimum Gasteiger partial charge on any atom is -0.478 e. The third kappa shape index (κ3) is 4.66. The standard InChI is InChI=1S/C16H16O2/c1-3-7-15(12-13(2)16(17)18)11-10-14-8-5-4-6-9-14/h3-12H,1H2,2H3,(H,17,18). The van der Waals surface area contributed by atoms with Gasteiger partial charge in [0.1, 0.15) is 0 Å². The van der Waals surface area contributed by atoms with E-state index in [4.69, 9.17) is 5.11 Å². The van der Waals surface area contributed by atoms with Crippen molar-refractivity contribution in [2.45, 2.75) is 6.92 Å². The average Bonchev–Trinajstić information content (AvgIpc) is 2.37. The van der Waals surface area contributed by atoms with E-state index < -0.39 is 5.97 Å². The van der Waals surface area contributed by atoms with Gasteiger partial charge in [-0.05, 0) is 24.1 Å². The molecule has 2 nitrogen and oxygen atoms in total. The molecular weight excluding hydrogens is 224 g/mol. The molecular formula is C16H16O2. The van der Waals surface area contributed by atoms with Crippen LogP contribution in [0.25, 0.3) is 6.08 Å². The number of rotatable bonds is 5. The minimum atomic E-state index is -0.918. The lowest BCUT2D eigenvalue weighted by Crippen LogP contribution is -1.95. The first kappa shape index (κ1) is 13.7. The molecule has 0 saturated heterocycles. The lowest BCUT2D eigenvalue weighted by Gasteiger charge is -1.96. The first-order valence-electron chi connectivity index (χ1n) is 5.61. The maximum Gasteiger partial charge on any atom is 0.331 e. The van der Waals surface area contributed by atoms with Crippen molar-refractivity contribution in [3.8, 4) is 0 Å². The molecule has 0 bridgehead atoms. The average molecular weight is 240 g/mol. The van der Waals surface area contributed by atoms with Gasteiger partial charge in [-0.25, -0.2) is 4.79 Å². The molecule has 0 unspecified atom stereocenters. The second kappa shape index (κ2) is 7.07. The smallest absolute Gasteiger partial charge is 0.331 e. The Morgan fingerprint density at radius 3 is 2.50 bits per heavy atom. The van der Waals surface area contributed by atoms with Crippen LogP contribution in [0.5, 0.6) is 0 Å². The maximum atomic E-state index is 10.8.